The van der Waals surface area contributed by atoms with Crippen molar-refractivity contribution in [2.75, 3.05) is 24.8 Å². The van der Waals surface area contributed by atoms with Gasteiger partial charge in [0.05, 0.1) is 16.3 Å². The molecule has 94 valence electrons. The van der Waals surface area contributed by atoms with Gasteiger partial charge in [-0.05, 0) is 12.1 Å². The lowest BCUT2D eigenvalue weighted by Gasteiger charge is -2.08. The zero-order chi connectivity index (χ0) is 13.1. The minimum absolute atomic E-state index is 0.0967. The first-order valence-electron chi connectivity index (χ1n) is 4.78. The van der Waals surface area contributed by atoms with Gasteiger partial charge in [-0.2, -0.15) is 0 Å². The van der Waals surface area contributed by atoms with E-state index in [4.69, 9.17) is 5.73 Å². The molecule has 1 amide bonds. The minimum atomic E-state index is -3.34. The molecule has 1 aromatic rings. The second kappa shape index (κ2) is 5.42. The van der Waals surface area contributed by atoms with Gasteiger partial charge in [0.2, 0.25) is 5.91 Å². The molecule has 1 aromatic carbocycles. The van der Waals surface area contributed by atoms with E-state index in [0.717, 1.165) is 6.26 Å². The molecule has 0 unspecified atom stereocenters. The minimum Gasteiger partial charge on any atom is -0.397 e. The first kappa shape index (κ1) is 13.9. The van der Waals surface area contributed by atoms with Gasteiger partial charge in [0.15, 0.2) is 9.84 Å². The third-order valence-corrected chi connectivity index (χ3v) is 4.29. The normalized spacial score (nSPS) is 11.2. The molecule has 5 nitrogen and oxygen atoms in total. The van der Waals surface area contributed by atoms with Gasteiger partial charge in [0.25, 0.3) is 0 Å². The summed E-state index contributed by atoms with van der Waals surface area (Å²) in [5, 5.41) is 2.48. The van der Waals surface area contributed by atoms with Crippen molar-refractivity contribution in [1.82, 2.24) is 5.32 Å². The number of para-hydroxylation sites is 1. The average Bonchev–Trinajstić information content (AvgIpc) is 2.25. The number of rotatable bonds is 4. The molecule has 0 fully saturated rings. The van der Waals surface area contributed by atoms with Crippen LogP contribution in [0.3, 0.4) is 0 Å². The molecule has 3 N–H and O–H groups in total. The van der Waals surface area contributed by atoms with Crippen molar-refractivity contribution in [3.8, 4) is 0 Å². The van der Waals surface area contributed by atoms with Gasteiger partial charge < -0.3 is 11.1 Å². The zero-order valence-corrected chi connectivity index (χ0v) is 11.2. The van der Waals surface area contributed by atoms with Crippen LogP contribution in [-0.2, 0) is 14.6 Å². The number of carbonyl (C=O) groups is 1. The van der Waals surface area contributed by atoms with Crippen LogP contribution in [0.2, 0.25) is 0 Å². The number of sulfone groups is 1. The van der Waals surface area contributed by atoms with E-state index in [2.05, 4.69) is 5.32 Å². The maximum atomic E-state index is 11.4. The lowest BCUT2D eigenvalue weighted by molar-refractivity contribution is -0.118. The highest BCUT2D eigenvalue weighted by atomic mass is 32.2. The summed E-state index contributed by atoms with van der Waals surface area (Å²) in [5.74, 6) is 0.0626. The van der Waals surface area contributed by atoms with Crippen LogP contribution in [0.15, 0.2) is 28.0 Å². The maximum Gasteiger partial charge on any atom is 0.230 e. The summed E-state index contributed by atoms with van der Waals surface area (Å²) in [6.45, 7) is 0. The Morgan fingerprint density at radius 1 is 1.47 bits per heavy atom. The summed E-state index contributed by atoms with van der Waals surface area (Å²) >= 11 is 1.21. The highest BCUT2D eigenvalue weighted by Crippen LogP contribution is 2.30. The van der Waals surface area contributed by atoms with E-state index in [9.17, 15) is 13.2 Å². The summed E-state index contributed by atoms with van der Waals surface area (Å²) in [6.07, 6.45) is 1.10. The molecule has 0 radical (unpaired) electrons. The number of benzene rings is 1. The summed E-state index contributed by atoms with van der Waals surface area (Å²) in [6, 6.07) is 4.76. The predicted molar refractivity (Wildman–Crippen MR) is 68.8 cm³/mol. The first-order valence-corrected chi connectivity index (χ1v) is 7.66. The van der Waals surface area contributed by atoms with Crippen LogP contribution in [-0.4, -0.2) is 33.4 Å². The molecule has 0 spiro atoms. The average molecular weight is 274 g/mol. The van der Waals surface area contributed by atoms with Crippen LogP contribution in [0.5, 0.6) is 0 Å². The number of hydrogen-bond donors (Lipinski definition) is 2. The van der Waals surface area contributed by atoms with Crippen LogP contribution in [0.1, 0.15) is 0 Å². The lowest BCUT2D eigenvalue weighted by atomic mass is 10.3. The van der Waals surface area contributed by atoms with Crippen molar-refractivity contribution in [2.45, 2.75) is 9.79 Å². The Morgan fingerprint density at radius 3 is 2.65 bits per heavy atom. The van der Waals surface area contributed by atoms with Gasteiger partial charge in [0, 0.05) is 18.2 Å². The van der Waals surface area contributed by atoms with Crippen molar-refractivity contribution in [2.24, 2.45) is 0 Å². The number of nitrogens with two attached hydrogens (primary N) is 1. The topological polar surface area (TPSA) is 89.3 Å². The van der Waals surface area contributed by atoms with Crippen LogP contribution in [0.4, 0.5) is 5.69 Å². The van der Waals surface area contributed by atoms with Crippen LogP contribution < -0.4 is 11.1 Å². The van der Waals surface area contributed by atoms with E-state index in [0.29, 0.717) is 4.90 Å². The van der Waals surface area contributed by atoms with Gasteiger partial charge in [-0.1, -0.05) is 6.07 Å². The molecular formula is C10H14N2O3S2. The highest BCUT2D eigenvalue weighted by molar-refractivity contribution is 8.00. The van der Waals surface area contributed by atoms with Crippen molar-refractivity contribution in [3.05, 3.63) is 18.2 Å². The fraction of sp³-hybridized carbons (Fsp3) is 0.300. The van der Waals surface area contributed by atoms with Crippen LogP contribution in [0.25, 0.3) is 0 Å². The molecule has 0 saturated carbocycles. The number of hydrogen-bond acceptors (Lipinski definition) is 5. The predicted octanol–water partition coefficient (Wildman–Crippen LogP) is 0.510. The molecule has 7 heteroatoms. The molecule has 0 aliphatic heterocycles. The van der Waals surface area contributed by atoms with E-state index in [1.165, 1.54) is 17.8 Å². The Labute approximate surface area is 105 Å². The molecule has 0 saturated heterocycles. The number of amides is 1. The second-order valence-electron chi connectivity index (χ2n) is 3.40. The Bertz CT molecular complexity index is 526. The smallest absolute Gasteiger partial charge is 0.230 e. The number of nitrogens with one attached hydrogen (secondary N) is 1. The highest BCUT2D eigenvalue weighted by Gasteiger charge is 2.14. The molecule has 0 aliphatic rings. The Morgan fingerprint density at radius 2 is 2.12 bits per heavy atom. The maximum absolute atomic E-state index is 11.4. The summed E-state index contributed by atoms with van der Waals surface area (Å²) in [7, 11) is -1.80. The van der Waals surface area contributed by atoms with Gasteiger partial charge in [-0.3, -0.25) is 4.79 Å². The van der Waals surface area contributed by atoms with E-state index < -0.39 is 9.84 Å². The molecule has 17 heavy (non-hydrogen) atoms. The van der Waals surface area contributed by atoms with Crippen molar-refractivity contribution in [1.29, 1.82) is 0 Å². The zero-order valence-electron chi connectivity index (χ0n) is 9.56. The fourth-order valence-electron chi connectivity index (χ4n) is 1.19. The quantitative estimate of drug-likeness (QED) is 0.617. The van der Waals surface area contributed by atoms with Crippen molar-refractivity contribution < 1.29 is 13.2 Å². The molecular weight excluding hydrogens is 260 g/mol. The molecule has 0 atom stereocenters. The number of carbonyl (C=O) groups excluding carboxylic acids is 1. The third-order valence-electron chi connectivity index (χ3n) is 2.06. The molecule has 0 aliphatic carbocycles. The molecule has 0 heterocycles. The van der Waals surface area contributed by atoms with Crippen LogP contribution >= 0.6 is 11.8 Å². The Balaban J connectivity index is 3.00. The van der Waals surface area contributed by atoms with E-state index in [1.807, 2.05) is 0 Å². The number of anilines is 1. The second-order valence-corrected chi connectivity index (χ2v) is 6.40. The molecule has 1 rings (SSSR count). The van der Waals surface area contributed by atoms with E-state index in [-0.39, 0.29) is 22.2 Å². The summed E-state index contributed by atoms with van der Waals surface area (Å²) in [5.41, 5.74) is 5.96. The van der Waals surface area contributed by atoms with Gasteiger partial charge in [-0.15, -0.1) is 11.8 Å². The SMILES string of the molecule is CNC(=O)CSc1cccc(S(C)(=O)=O)c1N. The number of thioether (sulfide) groups is 1. The Kier molecular flexibility index (Phi) is 4.41. The van der Waals surface area contributed by atoms with Gasteiger partial charge >= 0.3 is 0 Å². The standard InChI is InChI=1S/C10H14N2O3S2/c1-12-9(13)6-16-7-4-3-5-8(10(7)11)17(2,14)15/h3-5H,6,11H2,1-2H3,(H,12,13). The summed E-state index contributed by atoms with van der Waals surface area (Å²) in [4.78, 5) is 11.8. The van der Waals surface area contributed by atoms with Crippen molar-refractivity contribution >= 4 is 33.2 Å². The largest absolute Gasteiger partial charge is 0.397 e. The first-order chi connectivity index (χ1) is 7.86. The number of nitrogen functional groups attached to an aromatic ring is 1. The fourth-order valence-corrected chi connectivity index (χ4v) is 2.96. The monoisotopic (exact) mass is 274 g/mol. The summed E-state index contributed by atoms with van der Waals surface area (Å²) < 4.78 is 22.9. The van der Waals surface area contributed by atoms with E-state index >= 15 is 0 Å². The van der Waals surface area contributed by atoms with Crippen molar-refractivity contribution in [3.63, 3.8) is 0 Å². The Hall–Kier alpha value is -1.21. The lowest BCUT2D eigenvalue weighted by Crippen LogP contribution is -2.19. The van der Waals surface area contributed by atoms with Gasteiger partial charge in [0.1, 0.15) is 0 Å². The van der Waals surface area contributed by atoms with Crippen LogP contribution in [0, 0.1) is 0 Å². The molecule has 0 bridgehead atoms. The molecule has 0 aromatic heterocycles. The van der Waals surface area contributed by atoms with Gasteiger partial charge in [-0.25, -0.2) is 8.42 Å². The third kappa shape index (κ3) is 3.64. The van der Waals surface area contributed by atoms with E-state index in [1.54, 1.807) is 19.2 Å².